The maximum Gasteiger partial charge on any atom is 0.270 e. The summed E-state index contributed by atoms with van der Waals surface area (Å²) in [5.41, 5.74) is 0.942. The number of rotatable bonds is 5. The zero-order valence-electron chi connectivity index (χ0n) is 9.10. The molecule has 1 saturated carbocycles. The number of benzene rings is 1. The number of nitrogens with zero attached hydrogens (tertiary/aromatic N) is 1. The minimum Gasteiger partial charge on any atom is -0.496 e. The number of ether oxygens (including phenoxy) is 1. The molecule has 0 unspecified atom stereocenters. The Bertz CT molecular complexity index is 402. The standard InChI is InChI=1S/C11H14N2O3/c1-16-11-5-4-10(13(14)15)6-8(11)7-12-9-2-3-9/h4-6,9,12H,2-3,7H2,1H3. The summed E-state index contributed by atoms with van der Waals surface area (Å²) >= 11 is 0. The first-order valence-electron chi connectivity index (χ1n) is 5.25. The minimum atomic E-state index is -0.389. The average Bonchev–Trinajstić information content (AvgIpc) is 3.09. The normalized spacial score (nSPS) is 14.8. The predicted octanol–water partition coefficient (Wildman–Crippen LogP) is 1.86. The van der Waals surface area contributed by atoms with E-state index in [0.29, 0.717) is 18.3 Å². The van der Waals surface area contributed by atoms with Crippen molar-refractivity contribution in [3.63, 3.8) is 0 Å². The third-order valence-corrected chi connectivity index (χ3v) is 2.63. The lowest BCUT2D eigenvalue weighted by Crippen LogP contribution is -2.16. The first kappa shape index (κ1) is 10.9. The van der Waals surface area contributed by atoms with Crippen LogP contribution in [0.5, 0.6) is 5.75 Å². The Kier molecular flexibility index (Phi) is 3.05. The van der Waals surface area contributed by atoms with Crippen molar-refractivity contribution in [3.8, 4) is 5.75 Å². The van der Waals surface area contributed by atoms with Crippen molar-refractivity contribution in [2.75, 3.05) is 7.11 Å². The summed E-state index contributed by atoms with van der Waals surface area (Å²) in [6, 6.07) is 5.24. The highest BCUT2D eigenvalue weighted by atomic mass is 16.6. The highest BCUT2D eigenvalue weighted by Crippen LogP contribution is 2.25. The first-order chi connectivity index (χ1) is 7.70. The molecule has 1 aliphatic carbocycles. The Labute approximate surface area is 93.6 Å². The molecule has 0 aliphatic heterocycles. The van der Waals surface area contributed by atoms with Gasteiger partial charge in [0.25, 0.3) is 5.69 Å². The molecule has 0 heterocycles. The topological polar surface area (TPSA) is 64.4 Å². The van der Waals surface area contributed by atoms with Gasteiger partial charge in [0.05, 0.1) is 12.0 Å². The van der Waals surface area contributed by atoms with Crippen molar-refractivity contribution >= 4 is 5.69 Å². The average molecular weight is 222 g/mol. The summed E-state index contributed by atoms with van der Waals surface area (Å²) < 4.78 is 5.17. The van der Waals surface area contributed by atoms with Crippen LogP contribution < -0.4 is 10.1 Å². The molecule has 0 bridgehead atoms. The number of methoxy groups -OCH3 is 1. The second-order valence-corrected chi connectivity index (χ2v) is 3.91. The summed E-state index contributed by atoms with van der Waals surface area (Å²) in [7, 11) is 1.57. The largest absolute Gasteiger partial charge is 0.496 e. The SMILES string of the molecule is COc1ccc([N+](=O)[O-])cc1CNC1CC1. The molecule has 0 radical (unpaired) electrons. The molecule has 0 saturated heterocycles. The van der Waals surface area contributed by atoms with Gasteiger partial charge in [-0.25, -0.2) is 0 Å². The van der Waals surface area contributed by atoms with Gasteiger partial charge >= 0.3 is 0 Å². The summed E-state index contributed by atoms with van der Waals surface area (Å²) in [5, 5.41) is 14.0. The molecular formula is C11H14N2O3. The lowest BCUT2D eigenvalue weighted by atomic mass is 10.1. The molecule has 0 aromatic heterocycles. The van der Waals surface area contributed by atoms with E-state index in [1.807, 2.05) is 0 Å². The van der Waals surface area contributed by atoms with Crippen LogP contribution >= 0.6 is 0 Å². The number of nitrogens with one attached hydrogen (secondary N) is 1. The number of hydrogen-bond donors (Lipinski definition) is 1. The van der Waals surface area contributed by atoms with Gasteiger partial charge in [0.1, 0.15) is 5.75 Å². The van der Waals surface area contributed by atoms with Crippen molar-refractivity contribution in [1.29, 1.82) is 0 Å². The molecule has 1 fully saturated rings. The minimum absolute atomic E-state index is 0.105. The van der Waals surface area contributed by atoms with E-state index < -0.39 is 0 Å². The lowest BCUT2D eigenvalue weighted by Gasteiger charge is -2.08. The molecule has 0 spiro atoms. The molecule has 16 heavy (non-hydrogen) atoms. The fourth-order valence-electron chi connectivity index (χ4n) is 1.56. The van der Waals surface area contributed by atoms with Crippen molar-refractivity contribution in [3.05, 3.63) is 33.9 Å². The number of nitro groups is 1. The maximum absolute atomic E-state index is 10.6. The molecule has 5 heteroatoms. The van der Waals surface area contributed by atoms with Gasteiger partial charge in [0.2, 0.25) is 0 Å². The fraction of sp³-hybridized carbons (Fsp3) is 0.455. The zero-order chi connectivity index (χ0) is 11.5. The molecule has 86 valence electrons. The van der Waals surface area contributed by atoms with E-state index in [1.165, 1.54) is 18.9 Å². The number of nitro benzene ring substituents is 1. The first-order valence-corrected chi connectivity index (χ1v) is 5.25. The number of hydrogen-bond acceptors (Lipinski definition) is 4. The smallest absolute Gasteiger partial charge is 0.270 e. The Morgan fingerprint density at radius 3 is 2.88 bits per heavy atom. The van der Waals surface area contributed by atoms with Crippen molar-refractivity contribution < 1.29 is 9.66 Å². The molecule has 1 aromatic rings. The van der Waals surface area contributed by atoms with Gasteiger partial charge in [-0.1, -0.05) is 0 Å². The molecule has 0 amide bonds. The van der Waals surface area contributed by atoms with E-state index in [2.05, 4.69) is 5.32 Å². The molecular weight excluding hydrogens is 208 g/mol. The summed E-state index contributed by atoms with van der Waals surface area (Å²) in [5.74, 6) is 0.693. The van der Waals surface area contributed by atoms with Crippen molar-refractivity contribution in [2.24, 2.45) is 0 Å². The second-order valence-electron chi connectivity index (χ2n) is 3.91. The Hall–Kier alpha value is -1.62. The summed E-state index contributed by atoms with van der Waals surface area (Å²) in [6.07, 6.45) is 2.38. The highest BCUT2D eigenvalue weighted by molar-refractivity contribution is 5.43. The lowest BCUT2D eigenvalue weighted by molar-refractivity contribution is -0.384. The third kappa shape index (κ3) is 2.49. The maximum atomic E-state index is 10.6. The molecule has 5 nitrogen and oxygen atoms in total. The van der Waals surface area contributed by atoms with Gasteiger partial charge in [-0.2, -0.15) is 0 Å². The van der Waals surface area contributed by atoms with Gasteiger partial charge in [-0.15, -0.1) is 0 Å². The van der Waals surface area contributed by atoms with Crippen LogP contribution in [-0.4, -0.2) is 18.1 Å². The van der Waals surface area contributed by atoms with Crippen LogP contribution in [0.2, 0.25) is 0 Å². The van der Waals surface area contributed by atoms with Crippen LogP contribution in [0, 0.1) is 10.1 Å². The van der Waals surface area contributed by atoms with Crippen LogP contribution in [0.1, 0.15) is 18.4 Å². The van der Waals surface area contributed by atoms with E-state index >= 15 is 0 Å². The van der Waals surface area contributed by atoms with E-state index in [0.717, 1.165) is 5.56 Å². The van der Waals surface area contributed by atoms with Gasteiger partial charge in [0, 0.05) is 30.3 Å². The Morgan fingerprint density at radius 2 is 2.31 bits per heavy atom. The van der Waals surface area contributed by atoms with Crippen molar-refractivity contribution in [2.45, 2.75) is 25.4 Å². The van der Waals surface area contributed by atoms with Crippen LogP contribution in [-0.2, 0) is 6.54 Å². The van der Waals surface area contributed by atoms with E-state index in [4.69, 9.17) is 4.74 Å². The highest BCUT2D eigenvalue weighted by Gasteiger charge is 2.21. The second kappa shape index (κ2) is 4.49. The summed E-state index contributed by atoms with van der Waals surface area (Å²) in [6.45, 7) is 0.621. The van der Waals surface area contributed by atoms with Crippen LogP contribution in [0.15, 0.2) is 18.2 Å². The van der Waals surface area contributed by atoms with E-state index in [9.17, 15) is 10.1 Å². The molecule has 0 atom stereocenters. The number of non-ortho nitro benzene ring substituents is 1. The predicted molar refractivity (Wildman–Crippen MR) is 59.5 cm³/mol. The Morgan fingerprint density at radius 1 is 1.56 bits per heavy atom. The molecule has 2 rings (SSSR count). The Balaban J connectivity index is 2.16. The van der Waals surface area contributed by atoms with Crippen molar-refractivity contribution in [1.82, 2.24) is 5.32 Å². The van der Waals surface area contributed by atoms with Gasteiger partial charge in [-0.3, -0.25) is 10.1 Å². The quantitative estimate of drug-likeness (QED) is 0.610. The third-order valence-electron chi connectivity index (χ3n) is 2.63. The van der Waals surface area contributed by atoms with Gasteiger partial charge in [-0.05, 0) is 18.9 Å². The fourth-order valence-corrected chi connectivity index (χ4v) is 1.56. The van der Waals surface area contributed by atoms with Crippen LogP contribution in [0.3, 0.4) is 0 Å². The van der Waals surface area contributed by atoms with Crippen LogP contribution in [0.25, 0.3) is 0 Å². The monoisotopic (exact) mass is 222 g/mol. The van der Waals surface area contributed by atoms with Gasteiger partial charge < -0.3 is 10.1 Å². The van der Waals surface area contributed by atoms with E-state index in [1.54, 1.807) is 19.2 Å². The van der Waals surface area contributed by atoms with E-state index in [-0.39, 0.29) is 10.6 Å². The zero-order valence-corrected chi connectivity index (χ0v) is 9.10. The molecule has 1 aromatic carbocycles. The van der Waals surface area contributed by atoms with Gasteiger partial charge in [0.15, 0.2) is 0 Å². The molecule has 1 aliphatic rings. The summed E-state index contributed by atoms with van der Waals surface area (Å²) in [4.78, 5) is 10.3. The van der Waals surface area contributed by atoms with Crippen LogP contribution in [0.4, 0.5) is 5.69 Å². The molecule has 1 N–H and O–H groups in total.